The van der Waals surface area contributed by atoms with Crippen LogP contribution in [-0.2, 0) is 9.53 Å². The fraction of sp³-hybridized carbons (Fsp3) is 0.923. The van der Waals surface area contributed by atoms with Crippen LogP contribution in [0.5, 0.6) is 0 Å². The lowest BCUT2D eigenvalue weighted by atomic mass is 9.88. The molecule has 0 spiro atoms. The van der Waals surface area contributed by atoms with Crippen molar-refractivity contribution >= 4 is 5.78 Å². The van der Waals surface area contributed by atoms with E-state index in [-0.39, 0.29) is 31.0 Å². The van der Waals surface area contributed by atoms with E-state index in [0.29, 0.717) is 25.7 Å². The second-order valence-corrected chi connectivity index (χ2v) is 5.49. The largest absolute Gasteiger partial charge is 0.361 e. The van der Waals surface area contributed by atoms with Crippen LogP contribution in [0.3, 0.4) is 0 Å². The van der Waals surface area contributed by atoms with Gasteiger partial charge in [0.2, 0.25) is 5.79 Å². The molecule has 3 nitrogen and oxygen atoms in total. The summed E-state index contributed by atoms with van der Waals surface area (Å²) in [5, 5.41) is 10.1. The lowest BCUT2D eigenvalue weighted by Crippen LogP contribution is -2.55. The predicted molar refractivity (Wildman–Crippen MR) is 61.3 cm³/mol. The first-order chi connectivity index (χ1) is 8.38. The molecule has 5 heteroatoms. The Morgan fingerprint density at radius 2 is 2.22 bits per heavy atom. The molecule has 18 heavy (non-hydrogen) atoms. The van der Waals surface area contributed by atoms with E-state index in [1.54, 1.807) is 0 Å². The van der Waals surface area contributed by atoms with Gasteiger partial charge in [-0.25, -0.2) is 8.78 Å². The third-order valence-electron chi connectivity index (χ3n) is 4.06. The van der Waals surface area contributed by atoms with E-state index < -0.39 is 17.8 Å². The normalized spacial score (nSPS) is 36.8. The zero-order valence-electron chi connectivity index (χ0n) is 10.6. The van der Waals surface area contributed by atoms with E-state index in [2.05, 4.69) is 0 Å². The van der Waals surface area contributed by atoms with Gasteiger partial charge in [-0.2, -0.15) is 0 Å². The maximum absolute atomic E-state index is 14.0. The number of carbonyl (C=O) groups is 1. The quantitative estimate of drug-likeness (QED) is 0.847. The molecule has 2 rings (SSSR count). The van der Waals surface area contributed by atoms with Gasteiger partial charge in [-0.1, -0.05) is 13.3 Å². The van der Waals surface area contributed by atoms with E-state index in [0.717, 1.165) is 0 Å². The first-order valence-electron chi connectivity index (χ1n) is 6.67. The molecule has 1 heterocycles. The number of hydrogen-bond acceptors (Lipinski definition) is 3. The monoisotopic (exact) mass is 262 g/mol. The molecule has 2 aliphatic rings. The molecule has 2 fully saturated rings. The second kappa shape index (κ2) is 4.85. The minimum absolute atomic E-state index is 0.0137. The highest BCUT2D eigenvalue weighted by molar-refractivity contribution is 5.81. The van der Waals surface area contributed by atoms with Gasteiger partial charge in [0, 0.05) is 25.7 Å². The molecule has 0 amide bonds. The Morgan fingerprint density at radius 3 is 2.89 bits per heavy atom. The van der Waals surface area contributed by atoms with Crippen molar-refractivity contribution in [3.8, 4) is 0 Å². The van der Waals surface area contributed by atoms with Gasteiger partial charge < -0.3 is 9.84 Å². The molecule has 1 N–H and O–H groups in total. The Hall–Kier alpha value is -0.550. The van der Waals surface area contributed by atoms with Gasteiger partial charge in [0.25, 0.3) is 0 Å². The van der Waals surface area contributed by atoms with Crippen molar-refractivity contribution < 1.29 is 23.4 Å². The minimum Gasteiger partial charge on any atom is -0.361 e. The number of rotatable bonds is 4. The Kier molecular flexibility index (Phi) is 3.74. The van der Waals surface area contributed by atoms with Crippen LogP contribution in [0.4, 0.5) is 8.78 Å². The standard InChI is InChI=1S/C13H20F2O3/c1-2-3-5-12(14,15)13(17)6-4-9-7-10(16)8-11(9)18-13/h9,11,17H,2-8H2,1H3/t9?,11-,13-/m1/s1. The summed E-state index contributed by atoms with van der Waals surface area (Å²) in [7, 11) is 0. The number of halogens is 2. The number of aliphatic hydroxyl groups is 1. The topological polar surface area (TPSA) is 46.5 Å². The molecule has 3 atom stereocenters. The van der Waals surface area contributed by atoms with Crippen molar-refractivity contribution in [3.63, 3.8) is 0 Å². The van der Waals surface area contributed by atoms with Crippen molar-refractivity contribution in [3.05, 3.63) is 0 Å². The predicted octanol–water partition coefficient (Wildman–Crippen LogP) is 2.66. The van der Waals surface area contributed by atoms with E-state index >= 15 is 0 Å². The van der Waals surface area contributed by atoms with Crippen LogP contribution in [0, 0.1) is 5.92 Å². The third kappa shape index (κ3) is 2.43. The highest BCUT2D eigenvalue weighted by Crippen LogP contribution is 2.46. The Labute approximate surface area is 106 Å². The average Bonchev–Trinajstić information content (AvgIpc) is 2.65. The van der Waals surface area contributed by atoms with Gasteiger partial charge in [0.05, 0.1) is 6.10 Å². The van der Waals surface area contributed by atoms with Crippen molar-refractivity contribution in [1.82, 2.24) is 0 Å². The number of fused-ring (bicyclic) bond motifs is 1. The zero-order chi connectivity index (χ0) is 13.4. The minimum atomic E-state index is -3.24. The smallest absolute Gasteiger partial charge is 0.300 e. The molecular weight excluding hydrogens is 242 g/mol. The van der Waals surface area contributed by atoms with Gasteiger partial charge in [0.1, 0.15) is 5.78 Å². The number of carbonyl (C=O) groups excluding carboxylic acids is 1. The molecule has 0 bridgehead atoms. The van der Waals surface area contributed by atoms with Crippen LogP contribution in [0.15, 0.2) is 0 Å². The first kappa shape index (κ1) is 13.9. The molecule has 104 valence electrons. The van der Waals surface area contributed by atoms with Crippen molar-refractivity contribution in [2.75, 3.05) is 0 Å². The van der Waals surface area contributed by atoms with Crippen LogP contribution in [-0.4, -0.2) is 28.7 Å². The highest BCUT2D eigenvalue weighted by Gasteiger charge is 2.58. The van der Waals surface area contributed by atoms with Gasteiger partial charge in [-0.15, -0.1) is 0 Å². The summed E-state index contributed by atoms with van der Waals surface area (Å²) >= 11 is 0. The van der Waals surface area contributed by atoms with E-state index in [1.807, 2.05) is 6.92 Å². The summed E-state index contributed by atoms with van der Waals surface area (Å²) in [6.07, 6.45) is 1.03. The molecule has 1 aliphatic heterocycles. The van der Waals surface area contributed by atoms with Gasteiger partial charge in [-0.05, 0) is 18.8 Å². The lowest BCUT2D eigenvalue weighted by molar-refractivity contribution is -0.355. The summed E-state index contributed by atoms with van der Waals surface area (Å²) in [6, 6.07) is 0. The van der Waals surface area contributed by atoms with Gasteiger partial charge in [0.15, 0.2) is 0 Å². The van der Waals surface area contributed by atoms with Crippen LogP contribution < -0.4 is 0 Å². The van der Waals surface area contributed by atoms with Crippen LogP contribution in [0.2, 0.25) is 0 Å². The zero-order valence-corrected chi connectivity index (χ0v) is 10.6. The molecular formula is C13H20F2O3. The number of hydrogen-bond donors (Lipinski definition) is 1. The number of Topliss-reactive ketones (excluding diaryl/α,β-unsaturated/α-hetero) is 1. The van der Waals surface area contributed by atoms with Gasteiger partial charge >= 0.3 is 5.92 Å². The van der Waals surface area contributed by atoms with E-state index in [1.165, 1.54) is 0 Å². The molecule has 1 saturated heterocycles. The van der Waals surface area contributed by atoms with Gasteiger partial charge in [-0.3, -0.25) is 4.79 Å². The van der Waals surface area contributed by atoms with E-state index in [4.69, 9.17) is 4.74 Å². The molecule has 1 unspecified atom stereocenters. The average molecular weight is 262 g/mol. The summed E-state index contributed by atoms with van der Waals surface area (Å²) in [5.74, 6) is -5.56. The SMILES string of the molecule is CCCCC(F)(F)[C@@]1(O)CCC2CC(=O)C[C@H]2O1. The Morgan fingerprint density at radius 1 is 1.50 bits per heavy atom. The number of ether oxygens (including phenoxy) is 1. The van der Waals surface area contributed by atoms with Crippen LogP contribution >= 0.6 is 0 Å². The highest BCUT2D eigenvalue weighted by atomic mass is 19.3. The Bertz CT molecular complexity index is 332. The maximum Gasteiger partial charge on any atom is 0.300 e. The summed E-state index contributed by atoms with van der Waals surface area (Å²) < 4.78 is 33.2. The van der Waals surface area contributed by atoms with Crippen molar-refractivity contribution in [1.29, 1.82) is 0 Å². The summed E-state index contributed by atoms with van der Waals surface area (Å²) in [6.45, 7) is 1.83. The fourth-order valence-electron chi connectivity index (χ4n) is 2.88. The van der Waals surface area contributed by atoms with Crippen molar-refractivity contribution in [2.45, 2.75) is 69.7 Å². The Balaban J connectivity index is 2.05. The summed E-state index contributed by atoms with van der Waals surface area (Å²) in [4.78, 5) is 11.3. The van der Waals surface area contributed by atoms with Crippen molar-refractivity contribution in [2.24, 2.45) is 5.92 Å². The molecule has 0 aromatic heterocycles. The van der Waals surface area contributed by atoms with Crippen LogP contribution in [0.25, 0.3) is 0 Å². The molecule has 0 aromatic rings. The maximum atomic E-state index is 14.0. The van der Waals surface area contributed by atoms with E-state index in [9.17, 15) is 18.7 Å². The first-order valence-corrected chi connectivity index (χ1v) is 6.67. The molecule has 0 aromatic carbocycles. The number of ketones is 1. The third-order valence-corrected chi connectivity index (χ3v) is 4.06. The molecule has 1 saturated carbocycles. The molecule has 1 aliphatic carbocycles. The molecule has 0 radical (unpaired) electrons. The number of unbranched alkanes of at least 4 members (excludes halogenated alkanes) is 1. The fourth-order valence-corrected chi connectivity index (χ4v) is 2.88. The lowest BCUT2D eigenvalue weighted by Gasteiger charge is -2.43. The number of alkyl halides is 2. The second-order valence-electron chi connectivity index (χ2n) is 5.49. The summed E-state index contributed by atoms with van der Waals surface area (Å²) in [5.41, 5.74) is 0. The van der Waals surface area contributed by atoms with Crippen LogP contribution in [0.1, 0.15) is 51.9 Å².